The summed E-state index contributed by atoms with van der Waals surface area (Å²) >= 11 is 0. The molecule has 1 heterocycles. The molecule has 104 valence electrons. The fourth-order valence-electron chi connectivity index (χ4n) is 2.65. The van der Waals surface area contributed by atoms with Crippen molar-refractivity contribution in [3.63, 3.8) is 0 Å². The van der Waals surface area contributed by atoms with E-state index in [1.165, 1.54) is 32.1 Å². The largest absolute Gasteiger partial charge is 0.373 e. The Labute approximate surface area is 115 Å². The SMILES string of the molecule is CNc1ccc(NC(=O)CCC2CCCCC2)cn1. The molecular weight excluding hydrogens is 238 g/mol. The minimum absolute atomic E-state index is 0.101. The summed E-state index contributed by atoms with van der Waals surface area (Å²) in [7, 11) is 1.82. The Bertz CT molecular complexity index is 396. The number of aromatic nitrogens is 1. The van der Waals surface area contributed by atoms with E-state index in [0.717, 1.165) is 23.8 Å². The van der Waals surface area contributed by atoms with Gasteiger partial charge in [0.2, 0.25) is 5.91 Å². The zero-order chi connectivity index (χ0) is 13.5. The highest BCUT2D eigenvalue weighted by molar-refractivity contribution is 5.90. The highest BCUT2D eigenvalue weighted by Crippen LogP contribution is 2.27. The first kappa shape index (κ1) is 13.8. The van der Waals surface area contributed by atoms with Gasteiger partial charge in [-0.25, -0.2) is 4.98 Å². The summed E-state index contributed by atoms with van der Waals surface area (Å²) in [6.07, 6.45) is 9.96. The Morgan fingerprint density at radius 2 is 2.11 bits per heavy atom. The number of carbonyl (C=O) groups is 1. The van der Waals surface area contributed by atoms with Crippen molar-refractivity contribution in [1.82, 2.24) is 4.98 Å². The van der Waals surface area contributed by atoms with Gasteiger partial charge in [0.05, 0.1) is 11.9 Å². The summed E-state index contributed by atoms with van der Waals surface area (Å²) in [4.78, 5) is 16.0. The Kier molecular flexibility index (Phi) is 5.19. The van der Waals surface area contributed by atoms with Crippen LogP contribution in [0.3, 0.4) is 0 Å². The third-order valence-corrected chi connectivity index (χ3v) is 3.81. The summed E-state index contributed by atoms with van der Waals surface area (Å²) in [6.45, 7) is 0. The first-order chi connectivity index (χ1) is 9.28. The maximum Gasteiger partial charge on any atom is 0.224 e. The highest BCUT2D eigenvalue weighted by Gasteiger charge is 2.14. The predicted octanol–water partition coefficient (Wildman–Crippen LogP) is 3.42. The third kappa shape index (κ3) is 4.54. The van der Waals surface area contributed by atoms with Crippen molar-refractivity contribution in [2.45, 2.75) is 44.9 Å². The smallest absolute Gasteiger partial charge is 0.224 e. The van der Waals surface area contributed by atoms with Crippen LogP contribution in [0.1, 0.15) is 44.9 Å². The number of pyridine rings is 1. The van der Waals surface area contributed by atoms with Crippen LogP contribution in [0.5, 0.6) is 0 Å². The molecule has 4 heteroatoms. The molecule has 1 saturated carbocycles. The number of hydrogen-bond donors (Lipinski definition) is 2. The van der Waals surface area contributed by atoms with Gasteiger partial charge in [0.15, 0.2) is 0 Å². The fraction of sp³-hybridized carbons (Fsp3) is 0.600. The zero-order valence-electron chi connectivity index (χ0n) is 11.6. The molecule has 0 aliphatic heterocycles. The molecule has 1 fully saturated rings. The average molecular weight is 261 g/mol. The second-order valence-electron chi connectivity index (χ2n) is 5.27. The lowest BCUT2D eigenvalue weighted by molar-refractivity contribution is -0.116. The van der Waals surface area contributed by atoms with Crippen molar-refractivity contribution in [3.8, 4) is 0 Å². The molecule has 0 aromatic carbocycles. The Hall–Kier alpha value is -1.58. The van der Waals surface area contributed by atoms with E-state index < -0.39 is 0 Å². The van der Waals surface area contributed by atoms with Crippen molar-refractivity contribution in [3.05, 3.63) is 18.3 Å². The first-order valence-corrected chi connectivity index (χ1v) is 7.21. The first-order valence-electron chi connectivity index (χ1n) is 7.21. The highest BCUT2D eigenvalue weighted by atomic mass is 16.1. The van der Waals surface area contributed by atoms with Gasteiger partial charge < -0.3 is 10.6 Å². The molecule has 0 spiro atoms. The lowest BCUT2D eigenvalue weighted by Crippen LogP contribution is -2.15. The van der Waals surface area contributed by atoms with Crippen molar-refractivity contribution in [1.29, 1.82) is 0 Å². The van der Waals surface area contributed by atoms with Crippen LogP contribution >= 0.6 is 0 Å². The van der Waals surface area contributed by atoms with Gasteiger partial charge in [-0.1, -0.05) is 32.1 Å². The Morgan fingerprint density at radius 1 is 1.32 bits per heavy atom. The van der Waals surface area contributed by atoms with Crippen LogP contribution in [-0.2, 0) is 4.79 Å². The minimum atomic E-state index is 0.101. The number of nitrogens with zero attached hydrogens (tertiary/aromatic N) is 1. The molecule has 0 atom stereocenters. The van der Waals surface area contributed by atoms with Crippen LogP contribution in [0.2, 0.25) is 0 Å². The van der Waals surface area contributed by atoms with E-state index in [-0.39, 0.29) is 5.91 Å². The summed E-state index contributed by atoms with van der Waals surface area (Å²) in [6, 6.07) is 3.73. The van der Waals surface area contributed by atoms with E-state index in [9.17, 15) is 4.79 Å². The van der Waals surface area contributed by atoms with Gasteiger partial charge in [-0.05, 0) is 24.5 Å². The number of carbonyl (C=O) groups excluding carboxylic acids is 1. The van der Waals surface area contributed by atoms with Crippen LogP contribution in [0.4, 0.5) is 11.5 Å². The van der Waals surface area contributed by atoms with Crippen LogP contribution in [-0.4, -0.2) is 17.9 Å². The number of hydrogen-bond acceptors (Lipinski definition) is 3. The lowest BCUT2D eigenvalue weighted by atomic mass is 9.86. The molecule has 2 N–H and O–H groups in total. The van der Waals surface area contributed by atoms with E-state index in [1.54, 1.807) is 6.20 Å². The van der Waals surface area contributed by atoms with Crippen LogP contribution < -0.4 is 10.6 Å². The maximum absolute atomic E-state index is 11.9. The minimum Gasteiger partial charge on any atom is -0.373 e. The molecule has 1 aliphatic rings. The number of amides is 1. The van der Waals surface area contributed by atoms with E-state index >= 15 is 0 Å². The van der Waals surface area contributed by atoms with Crippen LogP contribution in [0.25, 0.3) is 0 Å². The zero-order valence-corrected chi connectivity index (χ0v) is 11.6. The molecule has 0 unspecified atom stereocenters. The van der Waals surface area contributed by atoms with Gasteiger partial charge in [0.25, 0.3) is 0 Å². The molecule has 1 amide bonds. The molecule has 0 radical (unpaired) electrons. The topological polar surface area (TPSA) is 54.0 Å². The fourth-order valence-corrected chi connectivity index (χ4v) is 2.65. The van der Waals surface area contributed by atoms with Gasteiger partial charge in [-0.2, -0.15) is 0 Å². The Morgan fingerprint density at radius 3 is 2.74 bits per heavy atom. The summed E-state index contributed by atoms with van der Waals surface area (Å²) in [5.74, 6) is 1.66. The van der Waals surface area contributed by atoms with Gasteiger partial charge >= 0.3 is 0 Å². The predicted molar refractivity (Wildman–Crippen MR) is 78.2 cm³/mol. The molecule has 1 aromatic rings. The van der Waals surface area contributed by atoms with E-state index in [1.807, 2.05) is 19.2 Å². The summed E-state index contributed by atoms with van der Waals surface area (Å²) in [5.41, 5.74) is 0.771. The molecule has 0 saturated heterocycles. The molecule has 0 bridgehead atoms. The summed E-state index contributed by atoms with van der Waals surface area (Å²) in [5, 5.41) is 5.86. The molecule has 2 rings (SSSR count). The number of anilines is 2. The number of rotatable bonds is 5. The van der Waals surface area contributed by atoms with Crippen molar-refractivity contribution in [2.75, 3.05) is 17.7 Å². The molecule has 1 aromatic heterocycles. The molecular formula is C15H23N3O. The standard InChI is InChI=1S/C15H23N3O/c1-16-14-9-8-13(11-17-14)18-15(19)10-7-12-5-3-2-4-6-12/h8-9,11-12H,2-7,10H2,1H3,(H,16,17)(H,18,19). The second-order valence-corrected chi connectivity index (χ2v) is 5.27. The van der Waals surface area contributed by atoms with E-state index in [4.69, 9.17) is 0 Å². The van der Waals surface area contributed by atoms with Crippen molar-refractivity contribution >= 4 is 17.4 Å². The molecule has 19 heavy (non-hydrogen) atoms. The van der Waals surface area contributed by atoms with E-state index in [0.29, 0.717) is 6.42 Å². The van der Waals surface area contributed by atoms with Crippen molar-refractivity contribution in [2.24, 2.45) is 5.92 Å². The van der Waals surface area contributed by atoms with Gasteiger partial charge in [-0.3, -0.25) is 4.79 Å². The quantitative estimate of drug-likeness (QED) is 0.854. The van der Waals surface area contributed by atoms with E-state index in [2.05, 4.69) is 15.6 Å². The summed E-state index contributed by atoms with van der Waals surface area (Å²) < 4.78 is 0. The van der Waals surface area contributed by atoms with Gasteiger partial charge in [-0.15, -0.1) is 0 Å². The average Bonchev–Trinajstić information content (AvgIpc) is 2.47. The lowest BCUT2D eigenvalue weighted by Gasteiger charge is -2.20. The van der Waals surface area contributed by atoms with Gasteiger partial charge in [0.1, 0.15) is 5.82 Å². The number of nitrogens with one attached hydrogen (secondary N) is 2. The van der Waals surface area contributed by atoms with Crippen LogP contribution in [0.15, 0.2) is 18.3 Å². The third-order valence-electron chi connectivity index (χ3n) is 3.81. The van der Waals surface area contributed by atoms with Crippen LogP contribution in [0, 0.1) is 5.92 Å². The molecule has 4 nitrogen and oxygen atoms in total. The van der Waals surface area contributed by atoms with Crippen molar-refractivity contribution < 1.29 is 4.79 Å². The Balaban J connectivity index is 1.73. The monoisotopic (exact) mass is 261 g/mol. The maximum atomic E-state index is 11.9. The second kappa shape index (κ2) is 7.12. The normalized spacial score (nSPS) is 16.1. The molecule has 1 aliphatic carbocycles. The van der Waals surface area contributed by atoms with Gasteiger partial charge in [0, 0.05) is 13.5 Å².